The van der Waals surface area contributed by atoms with Crippen molar-refractivity contribution in [3.63, 3.8) is 0 Å². The summed E-state index contributed by atoms with van der Waals surface area (Å²) in [5, 5.41) is 0. The van der Waals surface area contributed by atoms with Gasteiger partial charge in [0.15, 0.2) is 0 Å². The molecule has 4 aromatic rings. The van der Waals surface area contributed by atoms with Gasteiger partial charge in [0.25, 0.3) is 23.6 Å². The molecule has 0 saturated carbocycles. The lowest BCUT2D eigenvalue weighted by atomic mass is 9.67. The number of thiol groups is 1. The molecule has 0 N–H and O–H groups in total. The van der Waals surface area contributed by atoms with E-state index < -0.39 is 5.41 Å². The van der Waals surface area contributed by atoms with Crippen molar-refractivity contribution in [2.24, 2.45) is 0 Å². The molecule has 0 saturated heterocycles. The van der Waals surface area contributed by atoms with Crippen LogP contribution >= 0.6 is 59.7 Å². The molecule has 6 nitrogen and oxygen atoms in total. The summed E-state index contributed by atoms with van der Waals surface area (Å²) in [5.41, 5.74) is 6.61. The van der Waals surface area contributed by atoms with E-state index in [0.717, 1.165) is 92.2 Å². The molecule has 0 fully saturated rings. The molecule has 0 bridgehead atoms. The number of carbonyl (C=O) groups is 4. The van der Waals surface area contributed by atoms with Crippen molar-refractivity contribution >= 4 is 83.3 Å². The molecular formula is C44H46N2O4S5. The van der Waals surface area contributed by atoms with Gasteiger partial charge in [-0.3, -0.25) is 29.0 Å². The molecule has 3 aliphatic rings. The predicted molar refractivity (Wildman–Crippen MR) is 237 cm³/mol. The molecule has 11 heteroatoms. The topological polar surface area (TPSA) is 74.8 Å². The highest BCUT2D eigenvalue weighted by atomic mass is 32.2. The second kappa shape index (κ2) is 18.4. The summed E-state index contributed by atoms with van der Waals surface area (Å²) < 4.78 is 0. The van der Waals surface area contributed by atoms with E-state index in [4.69, 9.17) is 0 Å². The SMILES string of the molecule is CCCSCCSCCCN1C(=O)c2ccc(C3(c4ccc5c(c4)C(=O)N(CCCSCCSCCS)C5=O)c4ccccc4-c4ccccc43)cc2C1=O. The molecule has 0 radical (unpaired) electrons. The van der Waals surface area contributed by atoms with Crippen molar-refractivity contribution in [1.82, 2.24) is 9.80 Å². The van der Waals surface area contributed by atoms with E-state index in [1.54, 1.807) is 12.1 Å². The number of fused-ring (bicyclic) bond motifs is 5. The van der Waals surface area contributed by atoms with Gasteiger partial charge in [-0.05, 0) is 99.9 Å². The van der Waals surface area contributed by atoms with Gasteiger partial charge in [-0.15, -0.1) is 0 Å². The molecule has 1 aliphatic carbocycles. The minimum atomic E-state index is -0.904. The van der Waals surface area contributed by atoms with Crippen molar-refractivity contribution in [1.29, 1.82) is 0 Å². The third-order valence-corrected chi connectivity index (χ3v) is 15.8. The number of rotatable bonds is 20. The van der Waals surface area contributed by atoms with Crippen LogP contribution in [-0.4, -0.2) is 98.3 Å². The maximum atomic E-state index is 14.0. The van der Waals surface area contributed by atoms with E-state index in [2.05, 4.69) is 43.8 Å². The van der Waals surface area contributed by atoms with E-state index in [0.29, 0.717) is 35.3 Å². The van der Waals surface area contributed by atoms with Crippen molar-refractivity contribution in [3.8, 4) is 11.1 Å². The van der Waals surface area contributed by atoms with Crippen LogP contribution in [0.1, 0.15) is 89.9 Å². The molecule has 0 atom stereocenters. The summed E-state index contributed by atoms with van der Waals surface area (Å²) in [6.45, 7) is 2.96. The van der Waals surface area contributed by atoms with Crippen LogP contribution < -0.4 is 0 Å². The fourth-order valence-corrected chi connectivity index (χ4v) is 12.2. The smallest absolute Gasteiger partial charge is 0.261 e. The van der Waals surface area contributed by atoms with Crippen molar-refractivity contribution in [3.05, 3.63) is 129 Å². The number of imide groups is 2. The summed E-state index contributed by atoms with van der Waals surface area (Å²) >= 11 is 11.8. The number of thioether (sulfide) groups is 4. The van der Waals surface area contributed by atoms with Crippen molar-refractivity contribution < 1.29 is 19.2 Å². The molecule has 2 aliphatic heterocycles. The molecule has 0 aromatic heterocycles. The van der Waals surface area contributed by atoms with E-state index in [-0.39, 0.29) is 23.6 Å². The van der Waals surface area contributed by atoms with Crippen LogP contribution in [0, 0.1) is 0 Å². The van der Waals surface area contributed by atoms with Crippen molar-refractivity contribution in [2.75, 3.05) is 64.9 Å². The summed E-state index contributed by atoms with van der Waals surface area (Å²) in [5.74, 6) is 8.13. The maximum Gasteiger partial charge on any atom is 0.261 e. The molecule has 4 aromatic carbocycles. The number of amides is 4. The van der Waals surface area contributed by atoms with E-state index in [1.807, 2.05) is 95.6 Å². The van der Waals surface area contributed by atoms with Gasteiger partial charge in [0.05, 0.1) is 27.7 Å². The normalized spacial score (nSPS) is 15.2. The lowest BCUT2D eigenvalue weighted by molar-refractivity contribution is 0.0639. The van der Waals surface area contributed by atoms with Gasteiger partial charge < -0.3 is 0 Å². The number of hydrogen-bond acceptors (Lipinski definition) is 9. The Morgan fingerprint density at radius 1 is 0.491 bits per heavy atom. The Balaban J connectivity index is 1.19. The number of carbonyl (C=O) groups excluding carboxylic acids is 4. The molecule has 0 unspecified atom stereocenters. The Kier molecular flexibility index (Phi) is 13.5. The lowest BCUT2D eigenvalue weighted by Gasteiger charge is -2.34. The van der Waals surface area contributed by atoms with E-state index in [9.17, 15) is 19.2 Å². The highest BCUT2D eigenvalue weighted by molar-refractivity contribution is 8.03. The van der Waals surface area contributed by atoms with Crippen LogP contribution in [-0.2, 0) is 5.41 Å². The molecule has 7 rings (SSSR count). The minimum absolute atomic E-state index is 0.246. The molecular weight excluding hydrogens is 781 g/mol. The molecule has 286 valence electrons. The Labute approximate surface area is 347 Å². The average Bonchev–Trinajstić information content (AvgIpc) is 3.74. The Hall–Kier alpha value is -3.09. The van der Waals surface area contributed by atoms with Crippen LogP contribution in [0.5, 0.6) is 0 Å². The second-order valence-corrected chi connectivity index (χ2v) is 19.1. The van der Waals surface area contributed by atoms with Gasteiger partial charge in [-0.1, -0.05) is 67.6 Å². The monoisotopic (exact) mass is 826 g/mol. The van der Waals surface area contributed by atoms with Crippen LogP contribution in [0.4, 0.5) is 0 Å². The third-order valence-electron chi connectivity index (χ3n) is 10.4. The quantitative estimate of drug-likeness (QED) is 0.0473. The summed E-state index contributed by atoms with van der Waals surface area (Å²) in [4.78, 5) is 58.1. The average molecular weight is 827 g/mol. The van der Waals surface area contributed by atoms with Gasteiger partial charge in [-0.25, -0.2) is 0 Å². The fraction of sp³-hybridized carbons (Fsp3) is 0.364. The van der Waals surface area contributed by atoms with Gasteiger partial charge in [0, 0.05) is 41.9 Å². The van der Waals surface area contributed by atoms with Crippen molar-refractivity contribution in [2.45, 2.75) is 31.6 Å². The minimum Gasteiger partial charge on any atom is -0.274 e. The summed E-state index contributed by atoms with van der Waals surface area (Å²) in [7, 11) is 0. The zero-order valence-electron chi connectivity index (χ0n) is 31.1. The molecule has 2 heterocycles. The van der Waals surface area contributed by atoms with Crippen LogP contribution in [0.15, 0.2) is 84.9 Å². The van der Waals surface area contributed by atoms with Crippen LogP contribution in [0.3, 0.4) is 0 Å². The second-order valence-electron chi connectivity index (χ2n) is 13.8. The maximum absolute atomic E-state index is 14.0. The third kappa shape index (κ3) is 7.81. The lowest BCUT2D eigenvalue weighted by Crippen LogP contribution is -2.31. The van der Waals surface area contributed by atoms with E-state index in [1.165, 1.54) is 22.0 Å². The van der Waals surface area contributed by atoms with Gasteiger partial charge in [0.1, 0.15) is 0 Å². The van der Waals surface area contributed by atoms with Crippen LogP contribution in [0.25, 0.3) is 11.1 Å². The zero-order chi connectivity index (χ0) is 38.4. The molecule has 55 heavy (non-hydrogen) atoms. The number of nitrogens with zero attached hydrogens (tertiary/aromatic N) is 2. The number of hydrogen-bond donors (Lipinski definition) is 1. The number of benzene rings is 4. The summed E-state index contributed by atoms with van der Waals surface area (Å²) in [6.07, 6.45) is 2.67. The highest BCUT2D eigenvalue weighted by Crippen LogP contribution is 2.56. The first-order valence-corrected chi connectivity index (χ1v) is 24.3. The fourth-order valence-electron chi connectivity index (χ4n) is 7.98. The standard InChI is InChI=1S/C44H46N2O4S5/c1-2-20-52-24-25-53-21-7-17-45-40(47)34-15-13-30(28-36(34)42(45)49)44(38-11-5-3-9-32(38)33-10-4-6-12-39(33)44)31-14-16-35-37(29-31)43(50)46(41(35)48)18-8-22-54-26-27-55-23-19-51/h3-6,9-16,28-29,51H,2,7-8,17-27H2,1H3. The first-order valence-electron chi connectivity index (χ1n) is 19.1. The Morgan fingerprint density at radius 3 is 1.36 bits per heavy atom. The van der Waals surface area contributed by atoms with Gasteiger partial charge >= 0.3 is 0 Å². The summed E-state index contributed by atoms with van der Waals surface area (Å²) in [6, 6.07) is 27.9. The Morgan fingerprint density at radius 2 is 0.909 bits per heavy atom. The predicted octanol–water partition coefficient (Wildman–Crippen LogP) is 9.29. The first-order chi connectivity index (χ1) is 26.9. The van der Waals surface area contributed by atoms with Gasteiger partial charge in [0.2, 0.25) is 0 Å². The zero-order valence-corrected chi connectivity index (χ0v) is 35.3. The highest BCUT2D eigenvalue weighted by Gasteiger charge is 2.48. The largest absolute Gasteiger partial charge is 0.274 e. The molecule has 0 spiro atoms. The van der Waals surface area contributed by atoms with Gasteiger partial charge in [-0.2, -0.15) is 59.7 Å². The Bertz CT molecular complexity index is 1940. The van der Waals surface area contributed by atoms with E-state index >= 15 is 0 Å². The molecule has 4 amide bonds. The van der Waals surface area contributed by atoms with Crippen LogP contribution in [0.2, 0.25) is 0 Å². The first kappa shape index (κ1) is 40.1.